The summed E-state index contributed by atoms with van der Waals surface area (Å²) in [6, 6.07) is 0. The van der Waals surface area contributed by atoms with E-state index in [0.29, 0.717) is 23.4 Å². The third-order valence-corrected chi connectivity index (χ3v) is 3.28. The smallest absolute Gasteiger partial charge is 0.167 e. The highest BCUT2D eigenvalue weighted by Crippen LogP contribution is 2.32. The second-order valence-electron chi connectivity index (χ2n) is 4.44. The van der Waals surface area contributed by atoms with Gasteiger partial charge in [0.25, 0.3) is 0 Å². The van der Waals surface area contributed by atoms with E-state index in [1.54, 1.807) is 10.9 Å². The molecule has 0 aliphatic carbocycles. The van der Waals surface area contributed by atoms with Crippen LogP contribution in [0.1, 0.15) is 26.0 Å². The van der Waals surface area contributed by atoms with Crippen molar-refractivity contribution in [3.8, 4) is 0 Å². The van der Waals surface area contributed by atoms with Crippen molar-refractivity contribution in [2.24, 2.45) is 0 Å². The van der Waals surface area contributed by atoms with Gasteiger partial charge >= 0.3 is 0 Å². The second kappa shape index (κ2) is 4.18. The normalized spacial score (nSPS) is 28.0. The standard InChI is InChI=1S/C11H15N5O2/c1-2-6-3-7(17)11(18-6)16-5-15-8-9(12)13-4-14-10(8)16/h4-7,11,17H,2-3H2,1H3,(H2,12,13,14). The van der Waals surface area contributed by atoms with E-state index >= 15 is 0 Å². The molecule has 1 aliphatic heterocycles. The molecule has 7 nitrogen and oxygen atoms in total. The summed E-state index contributed by atoms with van der Waals surface area (Å²) in [7, 11) is 0. The SMILES string of the molecule is CCC1CC(O)C(n2cnc3c(N)ncnc32)O1. The van der Waals surface area contributed by atoms with Crippen molar-refractivity contribution >= 4 is 17.0 Å². The summed E-state index contributed by atoms with van der Waals surface area (Å²) in [5.41, 5.74) is 6.85. The first-order valence-electron chi connectivity index (χ1n) is 5.97. The van der Waals surface area contributed by atoms with E-state index in [-0.39, 0.29) is 6.10 Å². The number of aromatic nitrogens is 4. The number of fused-ring (bicyclic) bond motifs is 1. The van der Waals surface area contributed by atoms with Gasteiger partial charge in [-0.2, -0.15) is 0 Å². The quantitative estimate of drug-likeness (QED) is 0.802. The number of hydrogen-bond donors (Lipinski definition) is 2. The second-order valence-corrected chi connectivity index (χ2v) is 4.44. The number of aliphatic hydroxyl groups is 1. The summed E-state index contributed by atoms with van der Waals surface area (Å²) in [5, 5.41) is 10.0. The molecule has 0 aromatic carbocycles. The van der Waals surface area contributed by atoms with Crippen LogP contribution in [0, 0.1) is 0 Å². The highest BCUT2D eigenvalue weighted by molar-refractivity contribution is 5.81. The van der Waals surface area contributed by atoms with Gasteiger partial charge in [-0.15, -0.1) is 0 Å². The lowest BCUT2D eigenvalue weighted by Gasteiger charge is -2.16. The molecular weight excluding hydrogens is 234 g/mol. The molecule has 0 amide bonds. The van der Waals surface area contributed by atoms with Crippen molar-refractivity contribution in [2.45, 2.75) is 38.2 Å². The largest absolute Gasteiger partial charge is 0.388 e. The highest BCUT2D eigenvalue weighted by atomic mass is 16.5. The maximum Gasteiger partial charge on any atom is 0.167 e. The van der Waals surface area contributed by atoms with Crippen LogP contribution >= 0.6 is 0 Å². The minimum atomic E-state index is -0.552. The molecule has 0 saturated carbocycles. The van der Waals surface area contributed by atoms with Crippen LogP contribution in [0.15, 0.2) is 12.7 Å². The molecule has 0 bridgehead atoms. The molecule has 3 unspecified atom stereocenters. The summed E-state index contributed by atoms with van der Waals surface area (Å²) in [6.45, 7) is 2.03. The molecule has 18 heavy (non-hydrogen) atoms. The Morgan fingerprint density at radius 3 is 3.06 bits per heavy atom. The van der Waals surface area contributed by atoms with E-state index < -0.39 is 12.3 Å². The van der Waals surface area contributed by atoms with Gasteiger partial charge in [-0.05, 0) is 6.42 Å². The molecule has 2 aromatic heterocycles. The molecular formula is C11H15N5O2. The Kier molecular flexibility index (Phi) is 2.64. The summed E-state index contributed by atoms with van der Waals surface area (Å²) in [5.74, 6) is 0.332. The minimum absolute atomic E-state index is 0.0710. The van der Waals surface area contributed by atoms with Gasteiger partial charge in [-0.25, -0.2) is 15.0 Å². The fraction of sp³-hybridized carbons (Fsp3) is 0.545. The summed E-state index contributed by atoms with van der Waals surface area (Å²) >= 11 is 0. The number of rotatable bonds is 2. The summed E-state index contributed by atoms with van der Waals surface area (Å²) in [6.07, 6.45) is 3.54. The first-order valence-corrected chi connectivity index (χ1v) is 5.97. The van der Waals surface area contributed by atoms with Crippen molar-refractivity contribution < 1.29 is 9.84 Å². The Bertz CT molecular complexity index is 570. The van der Waals surface area contributed by atoms with E-state index in [4.69, 9.17) is 10.5 Å². The zero-order chi connectivity index (χ0) is 12.7. The van der Waals surface area contributed by atoms with Crippen LogP contribution in [0.5, 0.6) is 0 Å². The van der Waals surface area contributed by atoms with Crippen LogP contribution in [0.2, 0.25) is 0 Å². The number of nitrogens with zero attached hydrogens (tertiary/aromatic N) is 4. The van der Waals surface area contributed by atoms with Crippen molar-refractivity contribution in [1.29, 1.82) is 0 Å². The molecule has 1 aliphatic rings. The van der Waals surface area contributed by atoms with Gasteiger partial charge in [0, 0.05) is 6.42 Å². The van der Waals surface area contributed by atoms with E-state index in [0.717, 1.165) is 6.42 Å². The number of nitrogens with two attached hydrogens (primary N) is 1. The lowest BCUT2D eigenvalue weighted by atomic mass is 10.1. The fourth-order valence-electron chi connectivity index (χ4n) is 2.30. The van der Waals surface area contributed by atoms with Gasteiger partial charge in [0.1, 0.15) is 17.9 Å². The maximum absolute atomic E-state index is 10.0. The Hall–Kier alpha value is -1.73. The molecule has 3 atom stereocenters. The lowest BCUT2D eigenvalue weighted by Crippen LogP contribution is -2.19. The van der Waals surface area contributed by atoms with E-state index in [9.17, 15) is 5.11 Å². The van der Waals surface area contributed by atoms with Gasteiger partial charge in [-0.1, -0.05) is 6.92 Å². The van der Waals surface area contributed by atoms with E-state index in [2.05, 4.69) is 15.0 Å². The average molecular weight is 249 g/mol. The molecule has 1 saturated heterocycles. The summed E-state index contributed by atoms with van der Waals surface area (Å²) < 4.78 is 7.50. The topological polar surface area (TPSA) is 99.1 Å². The molecule has 0 spiro atoms. The minimum Gasteiger partial charge on any atom is -0.388 e. The third kappa shape index (κ3) is 1.63. The number of hydrogen-bond acceptors (Lipinski definition) is 6. The first-order chi connectivity index (χ1) is 8.70. The highest BCUT2D eigenvalue weighted by Gasteiger charge is 2.35. The Morgan fingerprint density at radius 1 is 1.50 bits per heavy atom. The lowest BCUT2D eigenvalue weighted by molar-refractivity contribution is -0.0355. The summed E-state index contributed by atoms with van der Waals surface area (Å²) in [4.78, 5) is 12.2. The average Bonchev–Trinajstić information content (AvgIpc) is 2.93. The number of ether oxygens (including phenoxy) is 1. The van der Waals surface area contributed by atoms with Crippen LogP contribution in [-0.4, -0.2) is 36.8 Å². The molecule has 2 aromatic rings. The van der Waals surface area contributed by atoms with Crippen LogP contribution in [0.3, 0.4) is 0 Å². The fourth-order valence-corrected chi connectivity index (χ4v) is 2.30. The molecule has 3 N–H and O–H groups in total. The molecule has 96 valence electrons. The Labute approximate surface area is 104 Å². The van der Waals surface area contributed by atoms with Gasteiger partial charge in [0.15, 0.2) is 17.7 Å². The Balaban J connectivity index is 2.02. The van der Waals surface area contributed by atoms with Gasteiger partial charge in [0.2, 0.25) is 0 Å². The van der Waals surface area contributed by atoms with Crippen molar-refractivity contribution in [3.05, 3.63) is 12.7 Å². The first kappa shape index (κ1) is 11.4. The zero-order valence-corrected chi connectivity index (χ0v) is 10.0. The predicted molar refractivity (Wildman–Crippen MR) is 64.6 cm³/mol. The maximum atomic E-state index is 10.0. The van der Waals surface area contributed by atoms with Crippen LogP contribution < -0.4 is 5.73 Å². The van der Waals surface area contributed by atoms with E-state index in [1.807, 2.05) is 6.92 Å². The number of nitrogen functional groups attached to an aromatic ring is 1. The van der Waals surface area contributed by atoms with Crippen LogP contribution in [0.4, 0.5) is 5.82 Å². The monoisotopic (exact) mass is 249 g/mol. The third-order valence-electron chi connectivity index (χ3n) is 3.28. The van der Waals surface area contributed by atoms with Crippen LogP contribution in [0.25, 0.3) is 11.2 Å². The molecule has 7 heteroatoms. The molecule has 0 radical (unpaired) electrons. The molecule has 3 rings (SSSR count). The van der Waals surface area contributed by atoms with Crippen molar-refractivity contribution in [1.82, 2.24) is 19.5 Å². The zero-order valence-electron chi connectivity index (χ0n) is 10.0. The number of imidazole rings is 1. The van der Waals surface area contributed by atoms with Gasteiger partial charge < -0.3 is 15.6 Å². The van der Waals surface area contributed by atoms with Crippen molar-refractivity contribution in [2.75, 3.05) is 5.73 Å². The van der Waals surface area contributed by atoms with Crippen LogP contribution in [-0.2, 0) is 4.74 Å². The van der Waals surface area contributed by atoms with Gasteiger partial charge in [0.05, 0.1) is 12.4 Å². The Morgan fingerprint density at radius 2 is 2.33 bits per heavy atom. The number of aliphatic hydroxyl groups excluding tert-OH is 1. The molecule has 3 heterocycles. The van der Waals surface area contributed by atoms with Gasteiger partial charge in [-0.3, -0.25) is 4.57 Å². The molecule has 1 fully saturated rings. The predicted octanol–water partition coefficient (Wildman–Crippen LogP) is 0.467. The van der Waals surface area contributed by atoms with Crippen molar-refractivity contribution in [3.63, 3.8) is 0 Å². The van der Waals surface area contributed by atoms with E-state index in [1.165, 1.54) is 6.33 Å². The number of anilines is 1.